The Morgan fingerprint density at radius 2 is 1.97 bits per heavy atom. The lowest BCUT2D eigenvalue weighted by molar-refractivity contribution is 0.0704. The van der Waals surface area contributed by atoms with Crippen LogP contribution in [0.5, 0.6) is 5.75 Å². The summed E-state index contributed by atoms with van der Waals surface area (Å²) < 4.78 is 21.2. The first-order chi connectivity index (χ1) is 15.6. The summed E-state index contributed by atoms with van der Waals surface area (Å²) in [7, 11) is 1.65. The Bertz CT molecular complexity index is 1280. The van der Waals surface area contributed by atoms with Gasteiger partial charge in [-0.1, -0.05) is 24.3 Å². The van der Waals surface area contributed by atoms with Crippen LogP contribution in [0.25, 0.3) is 16.8 Å². The molecule has 32 heavy (non-hydrogen) atoms. The van der Waals surface area contributed by atoms with Crippen molar-refractivity contribution in [3.05, 3.63) is 90.1 Å². The molecule has 162 valence electrons. The van der Waals surface area contributed by atoms with E-state index in [0.717, 1.165) is 41.2 Å². The van der Waals surface area contributed by atoms with Gasteiger partial charge in [0.25, 0.3) is 5.91 Å². The van der Waals surface area contributed by atoms with E-state index in [-0.39, 0.29) is 11.8 Å². The van der Waals surface area contributed by atoms with Crippen LogP contribution in [0.4, 0.5) is 4.39 Å². The van der Waals surface area contributed by atoms with Crippen molar-refractivity contribution in [2.45, 2.75) is 18.8 Å². The zero-order chi connectivity index (χ0) is 22.1. The van der Waals surface area contributed by atoms with Crippen molar-refractivity contribution in [2.75, 3.05) is 20.2 Å². The zero-order valence-corrected chi connectivity index (χ0v) is 17.9. The van der Waals surface area contributed by atoms with Crippen molar-refractivity contribution in [1.29, 1.82) is 0 Å². The fourth-order valence-corrected chi connectivity index (χ4v) is 4.51. The van der Waals surface area contributed by atoms with Gasteiger partial charge in [-0.25, -0.2) is 9.37 Å². The molecule has 0 saturated carbocycles. The van der Waals surface area contributed by atoms with E-state index in [1.165, 1.54) is 12.1 Å². The summed E-state index contributed by atoms with van der Waals surface area (Å²) in [6, 6.07) is 19.8. The third-order valence-corrected chi connectivity index (χ3v) is 6.06. The number of ether oxygens (including phenoxy) is 1. The van der Waals surface area contributed by atoms with Gasteiger partial charge >= 0.3 is 0 Å². The minimum Gasteiger partial charge on any atom is -0.497 e. The van der Waals surface area contributed by atoms with E-state index >= 15 is 0 Å². The molecule has 4 aromatic rings. The average molecular weight is 429 g/mol. The van der Waals surface area contributed by atoms with Crippen LogP contribution in [0, 0.1) is 5.82 Å². The molecule has 1 amide bonds. The van der Waals surface area contributed by atoms with Gasteiger partial charge in [0.1, 0.15) is 17.4 Å². The smallest absolute Gasteiger partial charge is 0.253 e. The van der Waals surface area contributed by atoms with Gasteiger partial charge in [0.05, 0.1) is 18.3 Å². The second kappa shape index (κ2) is 8.46. The molecule has 0 unspecified atom stereocenters. The van der Waals surface area contributed by atoms with Crippen LogP contribution in [0.2, 0.25) is 0 Å². The number of amides is 1. The molecule has 0 bridgehead atoms. The number of carbonyl (C=O) groups is 1. The van der Waals surface area contributed by atoms with Crippen LogP contribution < -0.4 is 4.74 Å². The highest BCUT2D eigenvalue weighted by Crippen LogP contribution is 2.33. The van der Waals surface area contributed by atoms with Gasteiger partial charge in [0.15, 0.2) is 0 Å². The molecule has 0 radical (unpaired) electrons. The molecule has 1 atom stereocenters. The van der Waals surface area contributed by atoms with Crippen LogP contribution in [0.1, 0.15) is 34.9 Å². The first-order valence-electron chi connectivity index (χ1n) is 10.8. The molecule has 6 heteroatoms. The molecule has 0 N–H and O–H groups in total. The molecule has 5 rings (SSSR count). The third kappa shape index (κ3) is 3.73. The van der Waals surface area contributed by atoms with E-state index in [1.807, 2.05) is 47.5 Å². The number of pyridine rings is 1. The summed E-state index contributed by atoms with van der Waals surface area (Å²) in [6.45, 7) is 1.22. The van der Waals surface area contributed by atoms with E-state index in [4.69, 9.17) is 9.72 Å². The summed E-state index contributed by atoms with van der Waals surface area (Å²) in [6.07, 6.45) is 3.84. The maximum Gasteiger partial charge on any atom is 0.253 e. The van der Waals surface area contributed by atoms with E-state index in [2.05, 4.69) is 10.5 Å². The molecule has 3 heterocycles. The molecule has 1 aliphatic rings. The Kier molecular flexibility index (Phi) is 5.35. The molecule has 1 aliphatic heterocycles. The quantitative estimate of drug-likeness (QED) is 0.450. The van der Waals surface area contributed by atoms with Crippen LogP contribution >= 0.6 is 0 Å². The Morgan fingerprint density at radius 3 is 2.81 bits per heavy atom. The van der Waals surface area contributed by atoms with E-state index in [9.17, 15) is 9.18 Å². The minimum absolute atomic E-state index is 0.0931. The van der Waals surface area contributed by atoms with Crippen LogP contribution in [-0.4, -0.2) is 40.4 Å². The topological polar surface area (TPSA) is 46.8 Å². The molecular formula is C26H24FN3O2. The molecule has 5 nitrogen and oxygen atoms in total. The Balaban J connectivity index is 1.50. The number of aromatic nitrogens is 2. The summed E-state index contributed by atoms with van der Waals surface area (Å²) in [5.41, 5.74) is 3.29. The summed E-state index contributed by atoms with van der Waals surface area (Å²) in [5, 5.41) is 0. The number of hydrogen-bond acceptors (Lipinski definition) is 3. The predicted molar refractivity (Wildman–Crippen MR) is 121 cm³/mol. The van der Waals surface area contributed by atoms with Crippen molar-refractivity contribution in [3.8, 4) is 17.0 Å². The van der Waals surface area contributed by atoms with Gasteiger partial charge in [-0.05, 0) is 55.3 Å². The molecule has 2 aromatic heterocycles. The van der Waals surface area contributed by atoms with Gasteiger partial charge < -0.3 is 14.0 Å². The molecule has 1 saturated heterocycles. The largest absolute Gasteiger partial charge is 0.497 e. The number of halogens is 1. The van der Waals surface area contributed by atoms with E-state index in [1.54, 1.807) is 19.2 Å². The molecule has 1 fully saturated rings. The van der Waals surface area contributed by atoms with Crippen molar-refractivity contribution >= 4 is 11.4 Å². The fraction of sp³-hybridized carbons (Fsp3) is 0.231. The second-order valence-corrected chi connectivity index (χ2v) is 8.11. The lowest BCUT2D eigenvalue weighted by Gasteiger charge is -2.32. The molecule has 0 aliphatic carbocycles. The number of fused-ring (bicyclic) bond motifs is 1. The maximum absolute atomic E-state index is 13.6. The number of nitrogens with zero attached hydrogens (tertiary/aromatic N) is 3. The van der Waals surface area contributed by atoms with Crippen molar-refractivity contribution in [2.24, 2.45) is 0 Å². The highest BCUT2D eigenvalue weighted by molar-refractivity contribution is 5.94. The molecular weight excluding hydrogens is 405 g/mol. The Labute approximate surface area is 186 Å². The Morgan fingerprint density at radius 1 is 1.09 bits per heavy atom. The number of carbonyl (C=O) groups excluding carboxylic acids is 1. The first kappa shape index (κ1) is 20.2. The fourth-order valence-electron chi connectivity index (χ4n) is 4.51. The van der Waals surface area contributed by atoms with Gasteiger partial charge in [-0.2, -0.15) is 0 Å². The summed E-state index contributed by atoms with van der Waals surface area (Å²) in [5.74, 6) is 1.28. The Hall–Kier alpha value is -3.67. The van der Waals surface area contributed by atoms with Gasteiger partial charge in [0.2, 0.25) is 0 Å². The van der Waals surface area contributed by atoms with Crippen molar-refractivity contribution in [1.82, 2.24) is 14.3 Å². The van der Waals surface area contributed by atoms with Crippen molar-refractivity contribution in [3.63, 3.8) is 0 Å². The number of hydrogen-bond donors (Lipinski definition) is 0. The lowest BCUT2D eigenvalue weighted by Crippen LogP contribution is -2.39. The average Bonchev–Trinajstić information content (AvgIpc) is 3.23. The third-order valence-electron chi connectivity index (χ3n) is 6.06. The highest BCUT2D eigenvalue weighted by Gasteiger charge is 2.29. The number of benzene rings is 2. The first-order valence-corrected chi connectivity index (χ1v) is 10.8. The zero-order valence-electron chi connectivity index (χ0n) is 17.9. The monoisotopic (exact) mass is 429 g/mol. The maximum atomic E-state index is 13.6. The summed E-state index contributed by atoms with van der Waals surface area (Å²) >= 11 is 0. The number of methoxy groups -OCH3 is 1. The van der Waals surface area contributed by atoms with E-state index < -0.39 is 5.82 Å². The van der Waals surface area contributed by atoms with Crippen LogP contribution in [-0.2, 0) is 0 Å². The lowest BCUT2D eigenvalue weighted by atomic mass is 9.96. The van der Waals surface area contributed by atoms with Gasteiger partial charge in [-0.3, -0.25) is 4.79 Å². The molecule has 0 spiro atoms. The summed E-state index contributed by atoms with van der Waals surface area (Å²) in [4.78, 5) is 19.9. The number of rotatable bonds is 4. The number of likely N-dealkylation sites (tertiary alicyclic amines) is 1. The van der Waals surface area contributed by atoms with Crippen molar-refractivity contribution < 1.29 is 13.9 Å². The minimum atomic E-state index is -0.397. The standard InChI is InChI=1S/C26H24FN3O2/c1-32-22-11-5-7-18(16-22)24-23-12-2-3-14-30(23)25(28-24)20-9-6-13-29(17-20)26(31)19-8-4-10-21(27)15-19/h2-5,7-8,10-12,14-16,20H,6,9,13,17H2,1H3/t20-/m0/s1. The van der Waals surface area contributed by atoms with Crippen LogP contribution in [0.15, 0.2) is 72.9 Å². The highest BCUT2D eigenvalue weighted by atomic mass is 19.1. The number of piperidine rings is 1. The normalized spacial score (nSPS) is 16.3. The number of imidazole rings is 1. The second-order valence-electron chi connectivity index (χ2n) is 8.11. The van der Waals surface area contributed by atoms with Gasteiger partial charge in [0, 0.05) is 36.3 Å². The molecule has 2 aromatic carbocycles. The van der Waals surface area contributed by atoms with Gasteiger partial charge in [-0.15, -0.1) is 0 Å². The van der Waals surface area contributed by atoms with Crippen LogP contribution in [0.3, 0.4) is 0 Å². The van der Waals surface area contributed by atoms with E-state index in [0.29, 0.717) is 18.7 Å². The SMILES string of the molecule is COc1cccc(-c2nc([C@H]3CCCN(C(=O)c4cccc(F)c4)C3)n3ccccc23)c1. The predicted octanol–water partition coefficient (Wildman–Crippen LogP) is 5.17.